The Morgan fingerprint density at radius 1 is 0.889 bits per heavy atom. The van der Waals surface area contributed by atoms with Gasteiger partial charge in [0.15, 0.2) is 0 Å². The number of nitrogens with one attached hydrogen (secondary N) is 3. The van der Waals surface area contributed by atoms with Gasteiger partial charge >= 0.3 is 12.1 Å². The van der Waals surface area contributed by atoms with Crippen molar-refractivity contribution in [3.05, 3.63) is 101 Å². The fraction of sp³-hybridized carbons (Fsp3) is 0.500. The van der Waals surface area contributed by atoms with Crippen molar-refractivity contribution in [3.63, 3.8) is 0 Å². The maximum atomic E-state index is 14.4. The van der Waals surface area contributed by atoms with Crippen LogP contribution >= 0.6 is 0 Å². The summed E-state index contributed by atoms with van der Waals surface area (Å²) in [4.78, 5) is 62.1. The molecule has 3 aromatic rings. The number of urea groups is 1. The van der Waals surface area contributed by atoms with Gasteiger partial charge in [-0.15, -0.1) is 0 Å². The van der Waals surface area contributed by atoms with Crippen LogP contribution in [0.15, 0.2) is 79.0 Å². The van der Waals surface area contributed by atoms with Crippen molar-refractivity contribution >= 4 is 23.9 Å². The number of amides is 5. The average Bonchev–Trinajstić information content (AvgIpc) is 3.49. The fourth-order valence-electron chi connectivity index (χ4n) is 6.93. The van der Waals surface area contributed by atoms with Gasteiger partial charge < -0.3 is 35.6 Å². The summed E-state index contributed by atoms with van der Waals surface area (Å²) in [6, 6.07) is 19.9. The predicted molar refractivity (Wildman–Crippen MR) is 208 cm³/mol. The third-order valence-corrected chi connectivity index (χ3v) is 10.3. The van der Waals surface area contributed by atoms with E-state index in [0.717, 1.165) is 22.4 Å². The molecule has 12 heteroatoms. The minimum absolute atomic E-state index is 0.108. The largest absolute Gasteiger partial charge is 0.453 e. The number of pyridine rings is 1. The van der Waals surface area contributed by atoms with Crippen LogP contribution in [0.25, 0.3) is 0 Å². The predicted octanol–water partition coefficient (Wildman–Crippen LogP) is 5.02. The van der Waals surface area contributed by atoms with Crippen molar-refractivity contribution in [3.8, 4) is 0 Å². The van der Waals surface area contributed by atoms with Gasteiger partial charge in [-0.25, -0.2) is 9.59 Å². The molecule has 6 unspecified atom stereocenters. The third-order valence-electron chi connectivity index (χ3n) is 10.3. The molecule has 1 fully saturated rings. The van der Waals surface area contributed by atoms with Crippen LogP contribution in [0, 0.1) is 18.3 Å². The Labute approximate surface area is 320 Å². The van der Waals surface area contributed by atoms with Gasteiger partial charge in [-0.2, -0.15) is 0 Å². The van der Waals surface area contributed by atoms with Crippen LogP contribution in [0.2, 0.25) is 0 Å². The Bertz CT molecular complexity index is 1680. The number of aliphatic hydroxyl groups excluding tert-OH is 1. The molecule has 0 bridgehead atoms. The van der Waals surface area contributed by atoms with E-state index in [0.29, 0.717) is 38.9 Å². The minimum atomic E-state index is -1.10. The van der Waals surface area contributed by atoms with Crippen LogP contribution in [0.5, 0.6) is 0 Å². The minimum Gasteiger partial charge on any atom is -0.453 e. The normalized spacial score (nSPS) is 16.5. The molecule has 1 aromatic heterocycles. The van der Waals surface area contributed by atoms with Gasteiger partial charge in [0.05, 0.1) is 19.3 Å². The molecule has 0 radical (unpaired) electrons. The molecular formula is C42H58N6O6. The second-order valence-electron chi connectivity index (χ2n) is 15.4. The van der Waals surface area contributed by atoms with Crippen LogP contribution < -0.4 is 16.0 Å². The SMILES string of the molecule is CCC(C)C(C(=O)NC(Cc1ccccc1)CC(O)C(Cc1ccccc1)NC(=O)C(NC(=O)OC)C(C)(C)C)N1CCN(Cc2cccnc2C)C1=O. The first-order chi connectivity index (χ1) is 25.7. The van der Waals surface area contributed by atoms with Gasteiger partial charge in [0.2, 0.25) is 11.8 Å². The zero-order chi connectivity index (χ0) is 39.4. The second-order valence-corrected chi connectivity index (χ2v) is 15.4. The lowest BCUT2D eigenvalue weighted by Gasteiger charge is -2.35. The smallest absolute Gasteiger partial charge is 0.407 e. The number of hydrogen-bond donors (Lipinski definition) is 4. The average molecular weight is 743 g/mol. The van der Waals surface area contributed by atoms with Gasteiger partial charge in [-0.05, 0) is 60.3 Å². The zero-order valence-electron chi connectivity index (χ0n) is 32.7. The Morgan fingerprint density at radius 3 is 2.09 bits per heavy atom. The van der Waals surface area contributed by atoms with Crippen molar-refractivity contribution in [2.24, 2.45) is 11.3 Å². The van der Waals surface area contributed by atoms with E-state index in [1.54, 1.807) is 16.0 Å². The van der Waals surface area contributed by atoms with E-state index in [4.69, 9.17) is 4.74 Å². The standard InChI is InChI=1S/C42H58N6O6/c1-8-28(2)36(48-23-22-47(41(48)53)27-32-20-15-21-43-29(32)3)38(50)44-33(24-30-16-11-9-12-17-30)26-35(49)34(25-31-18-13-10-14-19-31)45-39(51)37(42(4,5)6)46-40(52)54-7/h9-21,28,33-37,49H,8,22-27H2,1-7H3,(H,44,50)(H,45,51)(H,46,52). The van der Waals surface area contributed by atoms with E-state index < -0.39 is 47.7 Å². The molecule has 0 aliphatic carbocycles. The van der Waals surface area contributed by atoms with Crippen molar-refractivity contribution < 1.29 is 29.0 Å². The van der Waals surface area contributed by atoms with Crippen LogP contribution in [-0.2, 0) is 33.7 Å². The molecule has 6 atom stereocenters. The first kappa shape index (κ1) is 41.8. The number of ether oxygens (including phenoxy) is 1. The molecular weight excluding hydrogens is 684 g/mol. The number of nitrogens with zero attached hydrogens (tertiary/aromatic N) is 3. The van der Waals surface area contributed by atoms with E-state index in [1.807, 2.05) is 114 Å². The number of methoxy groups -OCH3 is 1. The zero-order valence-corrected chi connectivity index (χ0v) is 32.7. The van der Waals surface area contributed by atoms with E-state index in [2.05, 4.69) is 20.9 Å². The third kappa shape index (κ3) is 11.5. The topological polar surface area (TPSA) is 153 Å². The summed E-state index contributed by atoms with van der Waals surface area (Å²) in [5.41, 5.74) is 3.01. The summed E-state index contributed by atoms with van der Waals surface area (Å²) in [6.45, 7) is 12.7. The van der Waals surface area contributed by atoms with Gasteiger partial charge in [-0.1, -0.05) is 108 Å². The van der Waals surface area contributed by atoms with E-state index in [-0.39, 0.29) is 24.3 Å². The monoisotopic (exact) mass is 742 g/mol. The molecule has 0 saturated carbocycles. The second kappa shape index (κ2) is 19.4. The number of carbonyl (C=O) groups is 4. The Morgan fingerprint density at radius 2 is 1.52 bits per heavy atom. The van der Waals surface area contributed by atoms with Crippen molar-refractivity contribution in [2.75, 3.05) is 20.2 Å². The van der Waals surface area contributed by atoms with Crippen molar-refractivity contribution in [2.45, 2.75) is 104 Å². The first-order valence-corrected chi connectivity index (χ1v) is 18.9. The summed E-state index contributed by atoms with van der Waals surface area (Å²) in [5, 5.41) is 20.9. The molecule has 5 amide bonds. The van der Waals surface area contributed by atoms with Gasteiger partial charge in [0, 0.05) is 37.6 Å². The number of aromatic nitrogens is 1. The maximum Gasteiger partial charge on any atom is 0.407 e. The highest BCUT2D eigenvalue weighted by Gasteiger charge is 2.41. The van der Waals surface area contributed by atoms with Gasteiger partial charge in [0.25, 0.3) is 0 Å². The number of hydrogen-bond acceptors (Lipinski definition) is 7. The number of aryl methyl sites for hydroxylation is 1. The quantitative estimate of drug-likeness (QED) is 0.152. The molecule has 4 rings (SSSR count). The van der Waals surface area contributed by atoms with E-state index in [1.165, 1.54) is 7.11 Å². The molecule has 4 N–H and O–H groups in total. The van der Waals surface area contributed by atoms with Crippen LogP contribution in [-0.4, -0.2) is 94.3 Å². The fourth-order valence-corrected chi connectivity index (χ4v) is 6.93. The Kier molecular flexibility index (Phi) is 15.0. The van der Waals surface area contributed by atoms with Gasteiger partial charge in [0.1, 0.15) is 12.1 Å². The van der Waals surface area contributed by atoms with E-state index >= 15 is 0 Å². The number of aliphatic hydroxyl groups is 1. The molecule has 1 aliphatic heterocycles. The first-order valence-electron chi connectivity index (χ1n) is 18.9. The number of benzene rings is 2. The lowest BCUT2D eigenvalue weighted by atomic mass is 9.85. The molecule has 54 heavy (non-hydrogen) atoms. The molecule has 0 spiro atoms. The number of carbonyl (C=O) groups excluding carboxylic acids is 4. The molecule has 292 valence electrons. The Balaban J connectivity index is 1.59. The molecule has 2 aromatic carbocycles. The Hall–Kier alpha value is -4.97. The van der Waals surface area contributed by atoms with Crippen molar-refractivity contribution in [1.82, 2.24) is 30.7 Å². The van der Waals surface area contributed by atoms with Crippen LogP contribution in [0.4, 0.5) is 9.59 Å². The highest BCUT2D eigenvalue weighted by molar-refractivity contribution is 5.88. The van der Waals surface area contributed by atoms with E-state index in [9.17, 15) is 24.3 Å². The number of rotatable bonds is 17. The summed E-state index contributed by atoms with van der Waals surface area (Å²) in [6.07, 6.45) is 1.39. The van der Waals surface area contributed by atoms with Crippen LogP contribution in [0.3, 0.4) is 0 Å². The summed E-state index contributed by atoms with van der Waals surface area (Å²) >= 11 is 0. The van der Waals surface area contributed by atoms with Crippen molar-refractivity contribution in [1.29, 1.82) is 0 Å². The summed E-state index contributed by atoms with van der Waals surface area (Å²) in [5.74, 6) is -0.894. The highest BCUT2D eigenvalue weighted by Crippen LogP contribution is 2.25. The molecule has 12 nitrogen and oxygen atoms in total. The lowest BCUT2D eigenvalue weighted by Crippen LogP contribution is -2.58. The summed E-state index contributed by atoms with van der Waals surface area (Å²) in [7, 11) is 1.24. The molecule has 2 heterocycles. The molecule has 1 aliphatic rings. The van der Waals surface area contributed by atoms with Gasteiger partial charge in [-0.3, -0.25) is 14.6 Å². The highest BCUT2D eigenvalue weighted by atomic mass is 16.5. The molecule has 1 saturated heterocycles. The summed E-state index contributed by atoms with van der Waals surface area (Å²) < 4.78 is 4.80. The van der Waals surface area contributed by atoms with Crippen LogP contribution in [0.1, 0.15) is 69.8 Å². The maximum absolute atomic E-state index is 14.4. The lowest BCUT2D eigenvalue weighted by molar-refractivity contribution is -0.129. The number of alkyl carbamates (subject to hydrolysis) is 1.